The Labute approximate surface area is 203 Å². The van der Waals surface area contributed by atoms with E-state index >= 15 is 0 Å². The van der Waals surface area contributed by atoms with Gasteiger partial charge in [0.1, 0.15) is 12.7 Å². The van der Waals surface area contributed by atoms with E-state index in [0.717, 1.165) is 11.3 Å². The summed E-state index contributed by atoms with van der Waals surface area (Å²) in [4.78, 5) is 21.0. The van der Waals surface area contributed by atoms with E-state index in [0.29, 0.717) is 27.4 Å². The fourth-order valence-corrected chi connectivity index (χ4v) is 4.24. The number of benzene rings is 2. The summed E-state index contributed by atoms with van der Waals surface area (Å²) in [5, 5.41) is 16.8. The Balaban J connectivity index is 1.39. The molecule has 0 aliphatic carbocycles. The quantitative estimate of drug-likeness (QED) is 0.341. The molecule has 0 aliphatic heterocycles. The van der Waals surface area contributed by atoms with E-state index in [-0.39, 0.29) is 11.7 Å². The molecule has 0 spiro atoms. The lowest BCUT2D eigenvalue weighted by atomic mass is 10.2. The Morgan fingerprint density at radius 3 is 2.68 bits per heavy atom. The highest BCUT2D eigenvalue weighted by molar-refractivity contribution is 7.99. The normalized spacial score (nSPS) is 10.9. The number of para-hydroxylation sites is 1. The van der Waals surface area contributed by atoms with Crippen LogP contribution in [0.1, 0.15) is 0 Å². The number of rotatable bonds is 7. The van der Waals surface area contributed by atoms with Crippen LogP contribution in [0.15, 0.2) is 90.9 Å². The van der Waals surface area contributed by atoms with Crippen LogP contribution in [-0.4, -0.2) is 46.2 Å². The summed E-state index contributed by atoms with van der Waals surface area (Å²) in [6.45, 7) is 0. The number of pyridine rings is 1. The Bertz CT molecular complexity index is 1410. The number of nitrogens with one attached hydrogen (secondary N) is 1. The average molecular weight is 489 g/mol. The van der Waals surface area contributed by atoms with Gasteiger partial charge in [-0.2, -0.15) is 5.10 Å². The van der Waals surface area contributed by atoms with Crippen molar-refractivity contribution in [2.75, 3.05) is 11.1 Å². The van der Waals surface area contributed by atoms with Crippen LogP contribution in [0.5, 0.6) is 0 Å². The molecule has 3 aromatic heterocycles. The minimum Gasteiger partial charge on any atom is -0.323 e. The molecule has 2 aromatic carbocycles. The number of anilines is 1. The number of nitrogens with zero attached hydrogens (tertiary/aromatic N) is 7. The molecule has 5 rings (SSSR count). The number of thioether (sulfide) groups is 1. The van der Waals surface area contributed by atoms with Crippen LogP contribution in [0.4, 0.5) is 5.69 Å². The predicted molar refractivity (Wildman–Crippen MR) is 130 cm³/mol. The van der Waals surface area contributed by atoms with Gasteiger partial charge in [0.2, 0.25) is 5.91 Å². The first-order valence-corrected chi connectivity index (χ1v) is 11.5. The Morgan fingerprint density at radius 1 is 1.03 bits per heavy atom. The molecule has 0 saturated heterocycles. The molecule has 9 nitrogen and oxygen atoms in total. The van der Waals surface area contributed by atoms with Gasteiger partial charge in [0.15, 0.2) is 11.0 Å². The van der Waals surface area contributed by atoms with E-state index in [1.165, 1.54) is 18.1 Å². The summed E-state index contributed by atoms with van der Waals surface area (Å²) in [5.41, 5.74) is 2.90. The van der Waals surface area contributed by atoms with Crippen LogP contribution in [0.3, 0.4) is 0 Å². The number of carbonyl (C=O) groups is 1. The van der Waals surface area contributed by atoms with Gasteiger partial charge < -0.3 is 5.32 Å². The third-order valence-corrected chi connectivity index (χ3v) is 5.96. The molecule has 0 saturated carbocycles. The van der Waals surface area contributed by atoms with E-state index < -0.39 is 0 Å². The van der Waals surface area contributed by atoms with Crippen molar-refractivity contribution in [3.05, 3.63) is 90.7 Å². The lowest BCUT2D eigenvalue weighted by Gasteiger charge is -2.12. The van der Waals surface area contributed by atoms with Crippen molar-refractivity contribution < 1.29 is 4.79 Å². The van der Waals surface area contributed by atoms with Gasteiger partial charge in [-0.05, 0) is 42.5 Å². The van der Waals surface area contributed by atoms with Gasteiger partial charge in [-0.1, -0.05) is 41.6 Å². The molecule has 11 heteroatoms. The topological polar surface area (TPSA) is 103 Å². The molecule has 168 valence electrons. The molecule has 0 fully saturated rings. The highest BCUT2D eigenvalue weighted by Gasteiger charge is 2.18. The van der Waals surface area contributed by atoms with Crippen molar-refractivity contribution in [3.8, 4) is 22.8 Å². The summed E-state index contributed by atoms with van der Waals surface area (Å²) >= 11 is 7.44. The molecule has 0 radical (unpaired) electrons. The minimum atomic E-state index is -0.223. The molecule has 0 bridgehead atoms. The number of hydrogen-bond donors (Lipinski definition) is 1. The van der Waals surface area contributed by atoms with Crippen LogP contribution >= 0.6 is 23.4 Å². The number of amides is 1. The zero-order chi connectivity index (χ0) is 23.3. The van der Waals surface area contributed by atoms with Crippen molar-refractivity contribution in [2.45, 2.75) is 5.16 Å². The summed E-state index contributed by atoms with van der Waals surface area (Å²) in [6, 6.07) is 18.7. The zero-order valence-corrected chi connectivity index (χ0v) is 19.2. The van der Waals surface area contributed by atoms with Crippen molar-refractivity contribution in [2.24, 2.45) is 0 Å². The van der Waals surface area contributed by atoms with Gasteiger partial charge in [0.05, 0.1) is 17.1 Å². The molecule has 3 heterocycles. The lowest BCUT2D eigenvalue weighted by Crippen LogP contribution is -2.16. The molecule has 1 N–H and O–H groups in total. The molecular weight excluding hydrogens is 472 g/mol. The molecule has 1 amide bonds. The van der Waals surface area contributed by atoms with Crippen molar-refractivity contribution >= 4 is 35.0 Å². The van der Waals surface area contributed by atoms with Gasteiger partial charge in [-0.15, -0.1) is 10.2 Å². The predicted octanol–water partition coefficient (Wildman–Crippen LogP) is 4.29. The SMILES string of the molecule is O=C(CSc1nnc(-c2cccnc2)n1-c1ccccc1)Nc1cc(Cl)ccc1-n1cncn1. The summed E-state index contributed by atoms with van der Waals surface area (Å²) < 4.78 is 3.47. The maximum Gasteiger partial charge on any atom is 0.234 e. The summed E-state index contributed by atoms with van der Waals surface area (Å²) in [6.07, 6.45) is 6.41. The molecular formula is C23H17ClN8OS. The van der Waals surface area contributed by atoms with Crippen molar-refractivity contribution in [1.82, 2.24) is 34.5 Å². The van der Waals surface area contributed by atoms with Crippen LogP contribution < -0.4 is 5.32 Å². The smallest absolute Gasteiger partial charge is 0.234 e. The van der Waals surface area contributed by atoms with E-state index in [9.17, 15) is 4.79 Å². The largest absolute Gasteiger partial charge is 0.323 e. The number of hydrogen-bond acceptors (Lipinski definition) is 7. The van der Waals surface area contributed by atoms with E-state index in [1.54, 1.807) is 41.6 Å². The van der Waals surface area contributed by atoms with E-state index in [4.69, 9.17) is 11.6 Å². The standard InChI is InChI=1S/C23H17ClN8OS/c24-17-8-9-20(31-15-26-14-27-31)19(11-17)28-21(33)13-34-23-30-29-22(16-5-4-10-25-12-16)32(23)18-6-2-1-3-7-18/h1-12,14-15H,13H2,(H,28,33). The fourth-order valence-electron chi connectivity index (χ4n) is 3.31. The molecule has 0 unspecified atom stereocenters. The van der Waals surface area contributed by atoms with Crippen LogP contribution in [0, 0.1) is 0 Å². The second-order valence-electron chi connectivity index (χ2n) is 7.06. The number of halogens is 1. The zero-order valence-electron chi connectivity index (χ0n) is 17.6. The van der Waals surface area contributed by atoms with Crippen LogP contribution in [0.25, 0.3) is 22.8 Å². The summed E-state index contributed by atoms with van der Waals surface area (Å²) in [7, 11) is 0. The Morgan fingerprint density at radius 2 is 1.91 bits per heavy atom. The first-order valence-electron chi connectivity index (χ1n) is 10.2. The van der Waals surface area contributed by atoms with E-state index in [2.05, 4.69) is 30.6 Å². The van der Waals surface area contributed by atoms with Crippen LogP contribution in [-0.2, 0) is 4.79 Å². The van der Waals surface area contributed by atoms with Gasteiger partial charge in [-0.3, -0.25) is 14.3 Å². The Hall–Kier alpha value is -4.02. The first-order chi connectivity index (χ1) is 16.7. The Kier molecular flexibility index (Phi) is 6.32. The average Bonchev–Trinajstić information content (AvgIpc) is 3.54. The second kappa shape index (κ2) is 9.86. The van der Waals surface area contributed by atoms with Crippen molar-refractivity contribution in [1.29, 1.82) is 0 Å². The maximum absolute atomic E-state index is 12.9. The van der Waals surface area contributed by atoms with Gasteiger partial charge in [0, 0.05) is 28.7 Å². The third kappa shape index (κ3) is 4.68. The third-order valence-electron chi connectivity index (χ3n) is 4.80. The summed E-state index contributed by atoms with van der Waals surface area (Å²) in [5.74, 6) is 0.533. The lowest BCUT2D eigenvalue weighted by molar-refractivity contribution is -0.113. The molecule has 0 atom stereocenters. The highest BCUT2D eigenvalue weighted by Crippen LogP contribution is 2.28. The minimum absolute atomic E-state index is 0.112. The monoisotopic (exact) mass is 488 g/mol. The van der Waals surface area contributed by atoms with Crippen molar-refractivity contribution in [3.63, 3.8) is 0 Å². The van der Waals surface area contributed by atoms with Crippen LogP contribution in [0.2, 0.25) is 5.02 Å². The number of aromatic nitrogens is 7. The van der Waals surface area contributed by atoms with Gasteiger partial charge in [0.25, 0.3) is 0 Å². The number of carbonyl (C=O) groups excluding carboxylic acids is 1. The van der Waals surface area contributed by atoms with Gasteiger partial charge >= 0.3 is 0 Å². The second-order valence-corrected chi connectivity index (χ2v) is 8.44. The highest BCUT2D eigenvalue weighted by atomic mass is 35.5. The van der Waals surface area contributed by atoms with Gasteiger partial charge in [-0.25, -0.2) is 9.67 Å². The molecule has 34 heavy (non-hydrogen) atoms. The molecule has 0 aliphatic rings. The molecule has 5 aromatic rings. The van der Waals surface area contributed by atoms with E-state index in [1.807, 2.05) is 47.0 Å². The first kappa shape index (κ1) is 21.8. The fraction of sp³-hybridized carbons (Fsp3) is 0.0435. The maximum atomic E-state index is 12.9.